The highest BCUT2D eigenvalue weighted by Gasteiger charge is 2.26. The topological polar surface area (TPSA) is 148 Å². The Morgan fingerprint density at radius 3 is 2.33 bits per heavy atom. The Balaban J connectivity index is 1.30. The van der Waals surface area contributed by atoms with Crippen molar-refractivity contribution in [1.29, 1.82) is 0 Å². The van der Waals surface area contributed by atoms with Gasteiger partial charge in [0.15, 0.2) is 17.3 Å². The van der Waals surface area contributed by atoms with Crippen LogP contribution in [0.3, 0.4) is 0 Å². The predicted octanol–water partition coefficient (Wildman–Crippen LogP) is 2.44. The first-order valence-electron chi connectivity index (χ1n) is 13.9. The van der Waals surface area contributed by atoms with E-state index in [-0.39, 0.29) is 17.2 Å². The van der Waals surface area contributed by atoms with Crippen LogP contribution in [0, 0.1) is 11.6 Å². The third-order valence-electron chi connectivity index (χ3n) is 7.62. The number of carbonyl (C=O) groups is 2. The summed E-state index contributed by atoms with van der Waals surface area (Å²) in [7, 11) is 0. The molecule has 2 fully saturated rings. The highest BCUT2D eigenvalue weighted by Crippen LogP contribution is 2.30. The molecule has 0 unspecified atom stereocenters. The number of hydrogen-bond acceptors (Lipinski definition) is 10. The van der Waals surface area contributed by atoms with Crippen molar-refractivity contribution in [3.63, 3.8) is 0 Å². The van der Waals surface area contributed by atoms with Crippen LogP contribution in [0.5, 0.6) is 0 Å². The van der Waals surface area contributed by atoms with Gasteiger partial charge in [-0.2, -0.15) is 4.98 Å². The Morgan fingerprint density at radius 1 is 1.00 bits per heavy atom. The van der Waals surface area contributed by atoms with Crippen molar-refractivity contribution in [1.82, 2.24) is 34.3 Å². The highest BCUT2D eigenvalue weighted by molar-refractivity contribution is 6.01. The SMILES string of the molecule is CCN1CCN(C(=O)c2cc(F)c(NC(=O)n3ccc4c(-c5cnc(N)nc5)nc(N5CCOCC5)nc43)c(F)c2)CC1. The molecule has 0 saturated carbocycles. The number of benzene rings is 1. The summed E-state index contributed by atoms with van der Waals surface area (Å²) in [5.74, 6) is -2.16. The Kier molecular flexibility index (Phi) is 7.82. The second kappa shape index (κ2) is 11.9. The molecule has 2 aliphatic heterocycles. The first-order chi connectivity index (χ1) is 20.8. The predicted molar refractivity (Wildman–Crippen MR) is 155 cm³/mol. The van der Waals surface area contributed by atoms with Crippen molar-refractivity contribution in [2.24, 2.45) is 0 Å². The number of rotatable bonds is 5. The smallest absolute Gasteiger partial charge is 0.331 e. The molecule has 0 bridgehead atoms. The number of fused-ring (bicyclic) bond motifs is 1. The van der Waals surface area contributed by atoms with Gasteiger partial charge in [-0.05, 0) is 24.7 Å². The molecule has 13 nitrogen and oxygen atoms in total. The summed E-state index contributed by atoms with van der Waals surface area (Å²) in [6, 6.07) is 2.66. The number of ether oxygens (including phenoxy) is 1. The first kappa shape index (κ1) is 28.4. The van der Waals surface area contributed by atoms with E-state index in [2.05, 4.69) is 25.2 Å². The lowest BCUT2D eigenvalue weighted by atomic mass is 10.1. The number of nitrogen functional groups attached to an aromatic ring is 1. The fourth-order valence-corrected chi connectivity index (χ4v) is 5.18. The van der Waals surface area contributed by atoms with E-state index < -0.39 is 29.3 Å². The average molecular weight is 593 g/mol. The molecule has 0 radical (unpaired) electrons. The van der Waals surface area contributed by atoms with Crippen LogP contribution in [0.4, 0.5) is 31.2 Å². The van der Waals surface area contributed by atoms with Gasteiger partial charge in [-0.3, -0.25) is 9.36 Å². The van der Waals surface area contributed by atoms with Gasteiger partial charge in [0.1, 0.15) is 5.69 Å². The van der Waals surface area contributed by atoms with Gasteiger partial charge in [-0.1, -0.05) is 6.92 Å². The second-order valence-corrected chi connectivity index (χ2v) is 10.2. The van der Waals surface area contributed by atoms with Gasteiger partial charge >= 0.3 is 6.03 Å². The van der Waals surface area contributed by atoms with Crippen molar-refractivity contribution < 1.29 is 23.1 Å². The van der Waals surface area contributed by atoms with Crippen LogP contribution in [0.2, 0.25) is 0 Å². The number of nitrogens with two attached hydrogens (primary N) is 1. The quantitative estimate of drug-likeness (QED) is 0.354. The number of nitrogens with zero attached hydrogens (tertiary/aromatic N) is 8. The molecule has 43 heavy (non-hydrogen) atoms. The number of anilines is 3. The van der Waals surface area contributed by atoms with Crippen LogP contribution in [0.25, 0.3) is 22.3 Å². The van der Waals surface area contributed by atoms with Gasteiger partial charge in [-0.15, -0.1) is 0 Å². The van der Waals surface area contributed by atoms with E-state index in [1.54, 1.807) is 11.0 Å². The normalized spacial score (nSPS) is 16.1. The molecule has 5 heterocycles. The van der Waals surface area contributed by atoms with Crippen molar-refractivity contribution >= 4 is 40.6 Å². The van der Waals surface area contributed by atoms with Crippen LogP contribution in [-0.2, 0) is 4.74 Å². The van der Waals surface area contributed by atoms with Gasteiger partial charge in [0.2, 0.25) is 11.9 Å². The minimum absolute atomic E-state index is 0.0928. The molecule has 15 heteroatoms. The minimum Gasteiger partial charge on any atom is -0.378 e. The number of hydrogen-bond donors (Lipinski definition) is 2. The lowest BCUT2D eigenvalue weighted by Gasteiger charge is -2.34. The minimum atomic E-state index is -1.07. The van der Waals surface area contributed by atoms with Gasteiger partial charge in [0.25, 0.3) is 5.91 Å². The van der Waals surface area contributed by atoms with E-state index in [1.165, 1.54) is 18.6 Å². The molecule has 1 aromatic carbocycles. The molecule has 0 atom stereocenters. The van der Waals surface area contributed by atoms with Crippen LogP contribution in [-0.4, -0.2) is 105 Å². The number of carbonyl (C=O) groups excluding carboxylic acids is 2. The summed E-state index contributed by atoms with van der Waals surface area (Å²) in [6.07, 6.45) is 4.47. The lowest BCUT2D eigenvalue weighted by Crippen LogP contribution is -2.48. The second-order valence-electron chi connectivity index (χ2n) is 10.2. The molecule has 224 valence electrons. The molecule has 4 aromatic rings. The van der Waals surface area contributed by atoms with E-state index in [4.69, 9.17) is 15.5 Å². The van der Waals surface area contributed by atoms with Gasteiger partial charge in [0, 0.05) is 74.4 Å². The molecule has 2 aliphatic rings. The number of nitrogens with one attached hydrogen (secondary N) is 1. The molecule has 0 aliphatic carbocycles. The van der Waals surface area contributed by atoms with Gasteiger partial charge in [-0.25, -0.2) is 28.5 Å². The Morgan fingerprint density at radius 2 is 1.67 bits per heavy atom. The molecular weight excluding hydrogens is 562 g/mol. The van der Waals surface area contributed by atoms with Crippen molar-refractivity contribution in [2.75, 3.05) is 75.0 Å². The molecule has 3 N–H and O–H groups in total. The van der Waals surface area contributed by atoms with Crippen molar-refractivity contribution in [3.05, 3.63) is 54.0 Å². The summed E-state index contributed by atoms with van der Waals surface area (Å²) in [4.78, 5) is 49.5. The number of morpholine rings is 1. The third-order valence-corrected chi connectivity index (χ3v) is 7.62. The van der Waals surface area contributed by atoms with Crippen LogP contribution < -0.4 is 16.0 Å². The van der Waals surface area contributed by atoms with Crippen molar-refractivity contribution in [2.45, 2.75) is 6.92 Å². The summed E-state index contributed by atoms with van der Waals surface area (Å²) >= 11 is 0. The Labute approximate surface area is 245 Å². The molecule has 0 spiro atoms. The zero-order chi connectivity index (χ0) is 30.1. The number of likely N-dealkylation sites (N-methyl/N-ethyl adjacent to an activating group) is 1. The molecule has 2 amide bonds. The summed E-state index contributed by atoms with van der Waals surface area (Å²) in [6.45, 7) is 7.25. The standard InChI is InChI=1S/C28H30F2N10O3/c1-2-37-5-7-38(8-6-37)25(41)17-13-20(29)23(21(30)14-17)35-28(42)40-4-3-19-22(18-15-32-26(31)33-16-18)34-27(36-24(19)40)39-9-11-43-12-10-39/h3-4,13-16H,2,5-12H2,1H3,(H,35,42)(H2,31,32,33). The highest BCUT2D eigenvalue weighted by atomic mass is 19.1. The first-order valence-corrected chi connectivity index (χ1v) is 13.9. The summed E-state index contributed by atoms with van der Waals surface area (Å²) in [5.41, 5.74) is 6.08. The lowest BCUT2D eigenvalue weighted by molar-refractivity contribution is 0.0642. The van der Waals surface area contributed by atoms with E-state index in [0.29, 0.717) is 75.1 Å². The number of amides is 2. The van der Waals surface area contributed by atoms with E-state index in [1.807, 2.05) is 11.8 Å². The maximum atomic E-state index is 15.2. The number of aromatic nitrogens is 5. The third kappa shape index (κ3) is 5.68. The number of piperazine rings is 1. The van der Waals surface area contributed by atoms with E-state index in [0.717, 1.165) is 23.2 Å². The maximum Gasteiger partial charge on any atom is 0.331 e. The Hall–Kier alpha value is -4.76. The molecule has 6 rings (SSSR count). The average Bonchev–Trinajstić information content (AvgIpc) is 3.47. The molecular formula is C28H30F2N10O3. The largest absolute Gasteiger partial charge is 0.378 e. The zero-order valence-electron chi connectivity index (χ0n) is 23.5. The van der Waals surface area contributed by atoms with Crippen LogP contribution in [0.15, 0.2) is 36.8 Å². The summed E-state index contributed by atoms with van der Waals surface area (Å²) in [5, 5.41) is 2.80. The van der Waals surface area contributed by atoms with Gasteiger partial charge in [0.05, 0.1) is 18.9 Å². The zero-order valence-corrected chi connectivity index (χ0v) is 23.5. The summed E-state index contributed by atoms with van der Waals surface area (Å²) < 4.78 is 37.0. The van der Waals surface area contributed by atoms with Crippen molar-refractivity contribution in [3.8, 4) is 11.3 Å². The maximum absolute atomic E-state index is 15.2. The monoisotopic (exact) mass is 592 g/mol. The van der Waals surface area contributed by atoms with Crippen LogP contribution >= 0.6 is 0 Å². The van der Waals surface area contributed by atoms with Gasteiger partial charge < -0.3 is 30.5 Å². The van der Waals surface area contributed by atoms with E-state index in [9.17, 15) is 9.59 Å². The molecule has 2 saturated heterocycles. The fraction of sp³-hybridized carbons (Fsp3) is 0.357. The van der Waals surface area contributed by atoms with E-state index >= 15 is 8.78 Å². The fourth-order valence-electron chi connectivity index (χ4n) is 5.18. The number of halogens is 2. The Bertz CT molecular complexity index is 1640. The molecule has 3 aromatic heterocycles. The van der Waals surface area contributed by atoms with Crippen LogP contribution in [0.1, 0.15) is 17.3 Å².